The Hall–Kier alpha value is -2.35. The number of carbonyl (C=O) groups excluding carboxylic acids is 1. The zero-order chi connectivity index (χ0) is 13.7. The van der Waals surface area contributed by atoms with E-state index in [2.05, 4.69) is 0 Å². The molecule has 0 saturated heterocycles. The lowest BCUT2D eigenvalue weighted by atomic mass is 10.1. The summed E-state index contributed by atoms with van der Waals surface area (Å²) in [6.45, 7) is 3.89. The normalized spacial score (nSPS) is 10.6. The van der Waals surface area contributed by atoms with E-state index in [0.29, 0.717) is 5.75 Å². The van der Waals surface area contributed by atoms with Crippen LogP contribution in [0.5, 0.6) is 5.75 Å². The van der Waals surface area contributed by atoms with Gasteiger partial charge in [-0.05, 0) is 42.7 Å². The van der Waals surface area contributed by atoms with Crippen molar-refractivity contribution in [3.63, 3.8) is 0 Å². The third kappa shape index (κ3) is 3.81. The fourth-order valence-electron chi connectivity index (χ4n) is 1.69. The highest BCUT2D eigenvalue weighted by molar-refractivity contribution is 5.88. The van der Waals surface area contributed by atoms with Crippen LogP contribution in [0.15, 0.2) is 54.6 Å². The fraction of sp³-hybridized carbons (Fsp3) is 0.118. The van der Waals surface area contributed by atoms with Crippen molar-refractivity contribution in [2.24, 2.45) is 0 Å². The lowest BCUT2D eigenvalue weighted by molar-refractivity contribution is -0.128. The van der Waals surface area contributed by atoms with Gasteiger partial charge >= 0.3 is 5.97 Å². The molecule has 0 atom stereocenters. The first-order valence-corrected chi connectivity index (χ1v) is 6.17. The van der Waals surface area contributed by atoms with Crippen molar-refractivity contribution in [3.8, 4) is 5.75 Å². The number of rotatable bonds is 3. The molecule has 0 radical (unpaired) electrons. The number of ether oxygens (including phenoxy) is 1. The van der Waals surface area contributed by atoms with Crippen molar-refractivity contribution in [1.82, 2.24) is 0 Å². The quantitative estimate of drug-likeness (QED) is 0.470. The monoisotopic (exact) mass is 252 g/mol. The third-order valence-corrected chi connectivity index (χ3v) is 2.77. The Morgan fingerprint density at radius 3 is 2.53 bits per heavy atom. The highest BCUT2D eigenvalue weighted by atomic mass is 16.5. The minimum Gasteiger partial charge on any atom is -0.423 e. The minimum atomic E-state index is -0.363. The number of hydrogen-bond acceptors (Lipinski definition) is 2. The first-order valence-electron chi connectivity index (χ1n) is 6.17. The molecule has 0 saturated carbocycles. The van der Waals surface area contributed by atoms with Gasteiger partial charge in [0.1, 0.15) is 5.75 Å². The van der Waals surface area contributed by atoms with Gasteiger partial charge in [0.05, 0.1) is 0 Å². The third-order valence-electron chi connectivity index (χ3n) is 2.77. The zero-order valence-electron chi connectivity index (χ0n) is 11.1. The highest BCUT2D eigenvalue weighted by Crippen LogP contribution is 2.19. The zero-order valence-corrected chi connectivity index (χ0v) is 11.1. The van der Waals surface area contributed by atoms with Crippen molar-refractivity contribution in [2.45, 2.75) is 13.8 Å². The van der Waals surface area contributed by atoms with E-state index in [4.69, 9.17) is 4.74 Å². The Kier molecular flexibility index (Phi) is 4.14. The summed E-state index contributed by atoms with van der Waals surface area (Å²) in [5.74, 6) is 0.250. The summed E-state index contributed by atoms with van der Waals surface area (Å²) in [6.07, 6.45) is 3.19. The Labute approximate surface area is 113 Å². The molecule has 0 aromatic heterocycles. The Balaban J connectivity index is 2.06. The average Bonchev–Trinajstić information content (AvgIpc) is 2.42. The number of benzene rings is 2. The lowest BCUT2D eigenvalue weighted by Crippen LogP contribution is -2.05. The van der Waals surface area contributed by atoms with Crippen LogP contribution < -0.4 is 4.74 Å². The number of aryl methyl sites for hydroxylation is 2. The number of hydrogen-bond donors (Lipinski definition) is 0. The van der Waals surface area contributed by atoms with Crippen LogP contribution in [0, 0.1) is 13.8 Å². The van der Waals surface area contributed by atoms with Crippen LogP contribution in [0.25, 0.3) is 6.08 Å². The summed E-state index contributed by atoms with van der Waals surface area (Å²) < 4.78 is 5.32. The second-order valence-corrected chi connectivity index (χ2v) is 4.43. The molecule has 0 heterocycles. The largest absolute Gasteiger partial charge is 0.423 e. The molecule has 0 amide bonds. The van der Waals surface area contributed by atoms with Crippen LogP contribution in [-0.4, -0.2) is 5.97 Å². The second kappa shape index (κ2) is 6.01. The van der Waals surface area contributed by atoms with Gasteiger partial charge in [-0.15, -0.1) is 0 Å². The van der Waals surface area contributed by atoms with Gasteiger partial charge in [-0.2, -0.15) is 0 Å². The summed E-state index contributed by atoms with van der Waals surface area (Å²) in [6, 6.07) is 15.5. The maximum Gasteiger partial charge on any atom is 0.336 e. The van der Waals surface area contributed by atoms with Crippen LogP contribution in [0.1, 0.15) is 16.7 Å². The molecule has 0 spiro atoms. The molecule has 96 valence electrons. The van der Waals surface area contributed by atoms with Gasteiger partial charge < -0.3 is 4.74 Å². The first kappa shape index (κ1) is 13.1. The van der Waals surface area contributed by atoms with Crippen LogP contribution in [0.3, 0.4) is 0 Å². The molecular formula is C17H16O2. The standard InChI is InChI=1S/C17H16O2/c1-13-8-9-14(2)16(12-13)19-17(18)11-10-15-6-4-3-5-7-15/h3-12H,1-2H3. The molecule has 2 rings (SSSR count). The predicted octanol–water partition coefficient (Wildman–Crippen LogP) is 3.92. The molecule has 19 heavy (non-hydrogen) atoms. The van der Waals surface area contributed by atoms with Crippen molar-refractivity contribution < 1.29 is 9.53 Å². The topological polar surface area (TPSA) is 26.3 Å². The highest BCUT2D eigenvalue weighted by Gasteiger charge is 2.04. The molecule has 0 unspecified atom stereocenters. The second-order valence-electron chi connectivity index (χ2n) is 4.43. The van der Waals surface area contributed by atoms with Gasteiger partial charge in [0, 0.05) is 6.08 Å². The average molecular weight is 252 g/mol. The van der Waals surface area contributed by atoms with Gasteiger partial charge in [-0.3, -0.25) is 0 Å². The van der Waals surface area contributed by atoms with Gasteiger partial charge in [0.15, 0.2) is 0 Å². The summed E-state index contributed by atoms with van der Waals surface area (Å²) in [4.78, 5) is 11.7. The van der Waals surface area contributed by atoms with E-state index >= 15 is 0 Å². The molecule has 2 aromatic rings. The van der Waals surface area contributed by atoms with Crippen LogP contribution in [0.4, 0.5) is 0 Å². The Bertz CT molecular complexity index is 598. The van der Waals surface area contributed by atoms with E-state index in [0.717, 1.165) is 16.7 Å². The van der Waals surface area contributed by atoms with Gasteiger partial charge in [0.25, 0.3) is 0 Å². The molecule has 0 N–H and O–H groups in total. The molecular weight excluding hydrogens is 236 g/mol. The molecule has 2 heteroatoms. The summed E-state index contributed by atoms with van der Waals surface area (Å²) in [5, 5.41) is 0. The molecule has 0 aliphatic carbocycles. The van der Waals surface area contributed by atoms with Gasteiger partial charge in [0.2, 0.25) is 0 Å². The van der Waals surface area contributed by atoms with E-state index in [1.807, 2.05) is 62.4 Å². The van der Waals surface area contributed by atoms with Crippen LogP contribution in [0.2, 0.25) is 0 Å². The SMILES string of the molecule is Cc1ccc(C)c(OC(=O)C=Cc2ccccc2)c1. The van der Waals surface area contributed by atoms with Crippen molar-refractivity contribution in [1.29, 1.82) is 0 Å². The number of carbonyl (C=O) groups is 1. The Morgan fingerprint density at radius 2 is 1.79 bits per heavy atom. The predicted molar refractivity (Wildman–Crippen MR) is 77.0 cm³/mol. The van der Waals surface area contributed by atoms with Crippen LogP contribution >= 0.6 is 0 Å². The van der Waals surface area contributed by atoms with Gasteiger partial charge in [-0.25, -0.2) is 4.79 Å². The summed E-state index contributed by atoms with van der Waals surface area (Å²) in [7, 11) is 0. The van der Waals surface area contributed by atoms with E-state index in [-0.39, 0.29) is 5.97 Å². The maximum absolute atomic E-state index is 11.7. The molecule has 0 aliphatic rings. The molecule has 0 bridgehead atoms. The summed E-state index contributed by atoms with van der Waals surface area (Å²) in [5.41, 5.74) is 2.99. The number of esters is 1. The smallest absolute Gasteiger partial charge is 0.336 e. The van der Waals surface area contributed by atoms with Crippen molar-refractivity contribution in [2.75, 3.05) is 0 Å². The minimum absolute atomic E-state index is 0.363. The molecule has 2 aromatic carbocycles. The lowest BCUT2D eigenvalue weighted by Gasteiger charge is -2.06. The maximum atomic E-state index is 11.7. The Morgan fingerprint density at radius 1 is 1.05 bits per heavy atom. The molecule has 0 aliphatic heterocycles. The van der Waals surface area contributed by atoms with Crippen LogP contribution in [-0.2, 0) is 4.79 Å². The fourth-order valence-corrected chi connectivity index (χ4v) is 1.69. The van der Waals surface area contributed by atoms with E-state index in [9.17, 15) is 4.79 Å². The van der Waals surface area contributed by atoms with Crippen molar-refractivity contribution in [3.05, 3.63) is 71.3 Å². The van der Waals surface area contributed by atoms with E-state index in [1.165, 1.54) is 6.08 Å². The van der Waals surface area contributed by atoms with E-state index < -0.39 is 0 Å². The van der Waals surface area contributed by atoms with E-state index in [1.54, 1.807) is 6.08 Å². The molecule has 2 nitrogen and oxygen atoms in total. The first-order chi connectivity index (χ1) is 9.15. The van der Waals surface area contributed by atoms with Gasteiger partial charge in [-0.1, -0.05) is 42.5 Å². The summed E-state index contributed by atoms with van der Waals surface area (Å²) >= 11 is 0. The molecule has 0 fully saturated rings. The van der Waals surface area contributed by atoms with Crippen molar-refractivity contribution >= 4 is 12.0 Å².